The van der Waals surface area contributed by atoms with E-state index in [-0.39, 0.29) is 18.4 Å². The molecule has 17 heavy (non-hydrogen) atoms. The average molecular weight is 254 g/mol. The van der Waals surface area contributed by atoms with Crippen molar-refractivity contribution in [2.45, 2.75) is 12.8 Å². The molecule has 1 amide bonds. The van der Waals surface area contributed by atoms with Crippen LogP contribution in [0.15, 0.2) is 24.3 Å². The fourth-order valence-corrected chi connectivity index (χ4v) is 2.42. The Morgan fingerprint density at radius 1 is 1.47 bits per heavy atom. The van der Waals surface area contributed by atoms with Gasteiger partial charge >= 0.3 is 0 Å². The summed E-state index contributed by atoms with van der Waals surface area (Å²) in [5, 5.41) is 9.64. The fourth-order valence-electron chi connectivity index (χ4n) is 2.20. The van der Waals surface area contributed by atoms with Crippen molar-refractivity contribution >= 4 is 17.5 Å². The molecule has 1 N–H and O–H groups in total. The lowest BCUT2D eigenvalue weighted by atomic mass is 9.98. The van der Waals surface area contributed by atoms with E-state index in [1.54, 1.807) is 17.0 Å². The molecule has 0 radical (unpaired) electrons. The molecule has 3 nitrogen and oxygen atoms in total. The molecule has 0 unspecified atom stereocenters. The van der Waals surface area contributed by atoms with Crippen LogP contribution in [-0.2, 0) is 0 Å². The van der Waals surface area contributed by atoms with Gasteiger partial charge < -0.3 is 10.0 Å². The van der Waals surface area contributed by atoms with Gasteiger partial charge in [0, 0.05) is 19.7 Å². The molecule has 1 aromatic carbocycles. The van der Waals surface area contributed by atoms with E-state index < -0.39 is 0 Å². The molecule has 1 fully saturated rings. The first-order valence-electron chi connectivity index (χ1n) is 5.87. The van der Waals surface area contributed by atoms with Crippen molar-refractivity contribution in [1.82, 2.24) is 4.90 Å². The second-order valence-electron chi connectivity index (χ2n) is 4.42. The third-order valence-corrected chi connectivity index (χ3v) is 3.50. The third-order valence-electron chi connectivity index (χ3n) is 3.17. The van der Waals surface area contributed by atoms with E-state index in [1.165, 1.54) is 0 Å². The quantitative estimate of drug-likeness (QED) is 0.878. The Labute approximate surface area is 106 Å². The molecule has 4 heteroatoms. The molecule has 0 spiro atoms. The summed E-state index contributed by atoms with van der Waals surface area (Å²) in [4.78, 5) is 14.0. The number of aliphatic hydroxyl groups is 1. The number of carbonyl (C=O) groups excluding carboxylic acids is 1. The van der Waals surface area contributed by atoms with Gasteiger partial charge in [0.1, 0.15) is 0 Å². The van der Waals surface area contributed by atoms with Gasteiger partial charge in [0.2, 0.25) is 0 Å². The molecule has 92 valence electrons. The van der Waals surface area contributed by atoms with Gasteiger partial charge in [0.25, 0.3) is 5.91 Å². The lowest BCUT2D eigenvalue weighted by Crippen LogP contribution is -2.41. The average Bonchev–Trinajstić information content (AvgIpc) is 2.38. The zero-order valence-electron chi connectivity index (χ0n) is 9.60. The van der Waals surface area contributed by atoms with Crippen molar-refractivity contribution < 1.29 is 9.90 Å². The van der Waals surface area contributed by atoms with E-state index in [9.17, 15) is 4.79 Å². The smallest absolute Gasteiger partial charge is 0.255 e. The van der Waals surface area contributed by atoms with E-state index >= 15 is 0 Å². The van der Waals surface area contributed by atoms with Crippen LogP contribution in [-0.4, -0.2) is 35.6 Å². The SMILES string of the molecule is O=C(c1ccccc1Cl)N1CCC[C@H](CO)C1. The number of carbonyl (C=O) groups is 1. The Morgan fingerprint density at radius 2 is 2.24 bits per heavy atom. The predicted molar refractivity (Wildman–Crippen MR) is 67.2 cm³/mol. The Kier molecular flexibility index (Phi) is 4.02. The van der Waals surface area contributed by atoms with Crippen LogP contribution in [0.4, 0.5) is 0 Å². The Hall–Kier alpha value is -1.06. The number of halogens is 1. The number of likely N-dealkylation sites (tertiary alicyclic amines) is 1. The first-order chi connectivity index (χ1) is 8.22. The minimum Gasteiger partial charge on any atom is -0.396 e. The summed E-state index contributed by atoms with van der Waals surface area (Å²) in [6.07, 6.45) is 1.93. The molecular weight excluding hydrogens is 238 g/mol. The summed E-state index contributed by atoms with van der Waals surface area (Å²) in [5.74, 6) is 0.170. The molecule has 0 aromatic heterocycles. The third kappa shape index (κ3) is 2.79. The highest BCUT2D eigenvalue weighted by Gasteiger charge is 2.24. The first kappa shape index (κ1) is 12.4. The van der Waals surface area contributed by atoms with Crippen LogP contribution < -0.4 is 0 Å². The topological polar surface area (TPSA) is 40.5 Å². The van der Waals surface area contributed by atoms with Crippen molar-refractivity contribution in [2.24, 2.45) is 5.92 Å². The number of aliphatic hydroxyl groups excluding tert-OH is 1. The number of piperidine rings is 1. The van der Waals surface area contributed by atoms with Crippen molar-refractivity contribution in [1.29, 1.82) is 0 Å². The number of amides is 1. The van der Waals surface area contributed by atoms with Crippen molar-refractivity contribution in [2.75, 3.05) is 19.7 Å². The predicted octanol–water partition coefficient (Wildman–Crippen LogP) is 2.18. The van der Waals surface area contributed by atoms with E-state index in [0.717, 1.165) is 19.4 Å². The van der Waals surface area contributed by atoms with Gasteiger partial charge in [-0.25, -0.2) is 0 Å². The highest BCUT2D eigenvalue weighted by molar-refractivity contribution is 6.33. The summed E-state index contributed by atoms with van der Waals surface area (Å²) < 4.78 is 0. The van der Waals surface area contributed by atoms with Gasteiger partial charge in [-0.2, -0.15) is 0 Å². The van der Waals surface area contributed by atoms with Crippen LogP contribution in [0.5, 0.6) is 0 Å². The maximum atomic E-state index is 12.2. The highest BCUT2D eigenvalue weighted by Crippen LogP contribution is 2.21. The molecule has 1 aliphatic heterocycles. The number of benzene rings is 1. The molecule has 0 aliphatic carbocycles. The van der Waals surface area contributed by atoms with Crippen molar-refractivity contribution in [3.63, 3.8) is 0 Å². The summed E-state index contributed by atoms with van der Waals surface area (Å²) in [5.41, 5.74) is 0.549. The molecule has 1 saturated heterocycles. The van der Waals surface area contributed by atoms with Crippen molar-refractivity contribution in [3.05, 3.63) is 34.9 Å². The maximum absolute atomic E-state index is 12.2. The van der Waals surface area contributed by atoms with Gasteiger partial charge in [-0.1, -0.05) is 23.7 Å². The molecule has 0 saturated carbocycles. The highest BCUT2D eigenvalue weighted by atomic mass is 35.5. The Balaban J connectivity index is 2.12. The van der Waals surface area contributed by atoms with Crippen molar-refractivity contribution in [3.8, 4) is 0 Å². The zero-order chi connectivity index (χ0) is 12.3. The second-order valence-corrected chi connectivity index (χ2v) is 4.83. The van der Waals surface area contributed by atoms with E-state index in [4.69, 9.17) is 16.7 Å². The van der Waals surface area contributed by atoms with Crippen LogP contribution in [0.2, 0.25) is 5.02 Å². The number of rotatable bonds is 2. The van der Waals surface area contributed by atoms with E-state index in [1.807, 2.05) is 12.1 Å². The lowest BCUT2D eigenvalue weighted by molar-refractivity contribution is 0.0621. The standard InChI is InChI=1S/C13H16ClNO2/c14-12-6-2-1-5-11(12)13(17)15-7-3-4-10(8-15)9-16/h1-2,5-6,10,16H,3-4,7-9H2/t10-/m0/s1. The minimum absolute atomic E-state index is 0.0336. The van der Waals surface area contributed by atoms with Crippen LogP contribution in [0.25, 0.3) is 0 Å². The summed E-state index contributed by atoms with van der Waals surface area (Å²) in [6.45, 7) is 1.52. The molecule has 1 aromatic rings. The second kappa shape index (κ2) is 5.52. The zero-order valence-corrected chi connectivity index (χ0v) is 10.4. The van der Waals surface area contributed by atoms with Crippen LogP contribution in [0, 0.1) is 5.92 Å². The normalized spacial score (nSPS) is 20.4. The fraction of sp³-hybridized carbons (Fsp3) is 0.462. The van der Waals surface area contributed by atoms with Gasteiger partial charge in [-0.05, 0) is 30.9 Å². The number of nitrogens with zero attached hydrogens (tertiary/aromatic N) is 1. The molecule has 1 atom stereocenters. The van der Waals surface area contributed by atoms with Gasteiger partial charge in [0.05, 0.1) is 10.6 Å². The van der Waals surface area contributed by atoms with Crippen LogP contribution in [0.1, 0.15) is 23.2 Å². The van der Waals surface area contributed by atoms with Gasteiger partial charge in [-0.3, -0.25) is 4.79 Å². The van der Waals surface area contributed by atoms with Crippen LogP contribution >= 0.6 is 11.6 Å². The first-order valence-corrected chi connectivity index (χ1v) is 6.25. The minimum atomic E-state index is -0.0336. The summed E-state index contributed by atoms with van der Waals surface area (Å²) in [6, 6.07) is 7.09. The van der Waals surface area contributed by atoms with Gasteiger partial charge in [0.15, 0.2) is 0 Å². The van der Waals surface area contributed by atoms with Crippen LogP contribution in [0.3, 0.4) is 0 Å². The largest absolute Gasteiger partial charge is 0.396 e. The molecule has 0 bridgehead atoms. The number of hydrogen-bond acceptors (Lipinski definition) is 2. The lowest BCUT2D eigenvalue weighted by Gasteiger charge is -2.32. The Bertz CT molecular complexity index is 408. The van der Waals surface area contributed by atoms with E-state index in [2.05, 4.69) is 0 Å². The molecule has 2 rings (SSSR count). The summed E-state index contributed by atoms with van der Waals surface area (Å²) in [7, 11) is 0. The molecular formula is C13H16ClNO2. The maximum Gasteiger partial charge on any atom is 0.255 e. The monoisotopic (exact) mass is 253 g/mol. The van der Waals surface area contributed by atoms with E-state index in [0.29, 0.717) is 17.1 Å². The molecule has 1 aliphatic rings. The van der Waals surface area contributed by atoms with Gasteiger partial charge in [-0.15, -0.1) is 0 Å². The summed E-state index contributed by atoms with van der Waals surface area (Å²) >= 11 is 6.01. The Morgan fingerprint density at radius 3 is 2.94 bits per heavy atom. The molecule has 1 heterocycles. The number of hydrogen-bond donors (Lipinski definition) is 1.